The molecule has 0 radical (unpaired) electrons. The Hall–Kier alpha value is -3.32. The van der Waals surface area contributed by atoms with Crippen LogP contribution >= 0.6 is 0 Å². The fourth-order valence-corrected chi connectivity index (χ4v) is 12.2. The molecular formula is C28H26N4O6S2Se2. The van der Waals surface area contributed by atoms with E-state index in [9.17, 15) is 26.4 Å². The van der Waals surface area contributed by atoms with E-state index in [2.05, 4.69) is 20.1 Å². The maximum atomic E-state index is 13.1. The molecule has 0 aliphatic rings. The molecule has 0 heterocycles. The first-order valence-corrected chi connectivity index (χ1v) is 21.3. The molecule has 2 amide bonds. The van der Waals surface area contributed by atoms with E-state index >= 15 is 0 Å². The predicted octanol–water partition coefficient (Wildman–Crippen LogP) is 1.28. The summed E-state index contributed by atoms with van der Waals surface area (Å²) in [6.07, 6.45) is 0. The van der Waals surface area contributed by atoms with Crippen molar-refractivity contribution >= 4 is 78.4 Å². The van der Waals surface area contributed by atoms with Crippen molar-refractivity contribution in [2.75, 3.05) is 24.7 Å². The van der Waals surface area contributed by atoms with Crippen molar-refractivity contribution in [2.45, 2.75) is 9.79 Å². The summed E-state index contributed by atoms with van der Waals surface area (Å²) in [5.74, 6) is -0.635. The van der Waals surface area contributed by atoms with Gasteiger partial charge in [-0.25, -0.2) is 0 Å². The van der Waals surface area contributed by atoms with E-state index in [1.807, 2.05) is 24.3 Å². The summed E-state index contributed by atoms with van der Waals surface area (Å²) in [5, 5.41) is 5.65. The van der Waals surface area contributed by atoms with Gasteiger partial charge in [0.1, 0.15) is 0 Å². The molecule has 0 unspecified atom stereocenters. The third-order valence-corrected chi connectivity index (χ3v) is 16.0. The van der Waals surface area contributed by atoms with Gasteiger partial charge in [0.2, 0.25) is 0 Å². The molecule has 4 rings (SSSR count). The molecule has 0 aromatic heterocycles. The van der Waals surface area contributed by atoms with Crippen molar-refractivity contribution in [3.8, 4) is 0 Å². The van der Waals surface area contributed by atoms with Gasteiger partial charge in [-0.15, -0.1) is 0 Å². The van der Waals surface area contributed by atoms with Crippen LogP contribution in [0.15, 0.2) is 107 Å². The number of amides is 2. The number of carbonyl (C=O) groups excluding carboxylic acids is 2. The van der Waals surface area contributed by atoms with Gasteiger partial charge >= 0.3 is 257 Å². The second-order valence-electron chi connectivity index (χ2n) is 8.53. The summed E-state index contributed by atoms with van der Waals surface area (Å²) in [5.41, 5.74) is 1.93. The number of nitrogens with one attached hydrogen (secondary N) is 4. The molecule has 4 N–H and O–H groups in total. The van der Waals surface area contributed by atoms with Crippen molar-refractivity contribution < 1.29 is 26.4 Å². The Bertz CT molecular complexity index is 1680. The van der Waals surface area contributed by atoms with Crippen LogP contribution in [0.4, 0.5) is 11.4 Å². The van der Waals surface area contributed by atoms with E-state index in [0.29, 0.717) is 22.5 Å². The van der Waals surface area contributed by atoms with Gasteiger partial charge in [-0.2, -0.15) is 0 Å². The summed E-state index contributed by atoms with van der Waals surface area (Å²) in [6, 6.07) is 26.3. The van der Waals surface area contributed by atoms with Gasteiger partial charge < -0.3 is 0 Å². The topological polar surface area (TPSA) is 151 Å². The molecule has 0 bridgehead atoms. The summed E-state index contributed by atoms with van der Waals surface area (Å²) in [6.45, 7) is 0. The summed E-state index contributed by atoms with van der Waals surface area (Å²) in [7, 11) is -4.51. The van der Waals surface area contributed by atoms with Gasteiger partial charge in [0.25, 0.3) is 0 Å². The number of anilines is 2. The first kappa shape index (κ1) is 31.6. The van der Waals surface area contributed by atoms with Crippen LogP contribution in [0, 0.1) is 0 Å². The molecule has 10 nitrogen and oxygen atoms in total. The Balaban J connectivity index is 1.46. The molecule has 4 aromatic carbocycles. The van der Waals surface area contributed by atoms with Crippen molar-refractivity contribution in [1.29, 1.82) is 0 Å². The molecule has 0 fully saturated rings. The van der Waals surface area contributed by atoms with Crippen LogP contribution in [0.2, 0.25) is 0 Å². The second kappa shape index (κ2) is 13.8. The first-order valence-electron chi connectivity index (χ1n) is 12.3. The number of hydrogen-bond donors (Lipinski definition) is 4. The normalized spacial score (nSPS) is 11.6. The average Bonchev–Trinajstić information content (AvgIpc) is 3.00. The van der Waals surface area contributed by atoms with Crippen LogP contribution < -0.4 is 29.0 Å². The van der Waals surface area contributed by atoms with E-state index in [-0.39, 0.29) is 47.9 Å². The SMILES string of the molecule is CNS(=O)(=O)c1ccc(NC(=O)c2ccccc2[Se][Se]c2ccccc2C(=O)Nc2ccc(S(=O)(=O)NC)cc2)cc1. The molecule has 0 aliphatic heterocycles. The Morgan fingerprint density at radius 2 is 0.857 bits per heavy atom. The average molecular weight is 737 g/mol. The fraction of sp³-hybridized carbons (Fsp3) is 0.0714. The van der Waals surface area contributed by atoms with Gasteiger partial charge in [-0.3, -0.25) is 0 Å². The van der Waals surface area contributed by atoms with Gasteiger partial charge in [-0.1, -0.05) is 0 Å². The van der Waals surface area contributed by atoms with Crippen LogP contribution in [0.5, 0.6) is 0 Å². The molecule has 14 heteroatoms. The van der Waals surface area contributed by atoms with E-state index < -0.39 is 20.0 Å². The van der Waals surface area contributed by atoms with Gasteiger partial charge in [0, 0.05) is 0 Å². The quantitative estimate of drug-likeness (QED) is 0.171. The number of carbonyl (C=O) groups is 2. The predicted molar refractivity (Wildman–Crippen MR) is 165 cm³/mol. The Morgan fingerprint density at radius 3 is 1.19 bits per heavy atom. The molecule has 0 saturated heterocycles. The molecule has 0 spiro atoms. The minimum absolute atomic E-state index is 0.0934. The summed E-state index contributed by atoms with van der Waals surface area (Å²) < 4.78 is 54.1. The monoisotopic (exact) mass is 738 g/mol. The minimum atomic E-state index is -3.58. The van der Waals surface area contributed by atoms with Crippen molar-refractivity contribution in [3.63, 3.8) is 0 Å². The third kappa shape index (κ3) is 7.74. The number of benzene rings is 4. The Kier molecular flexibility index (Phi) is 10.4. The number of hydrogen-bond acceptors (Lipinski definition) is 6. The first-order chi connectivity index (χ1) is 20.0. The van der Waals surface area contributed by atoms with Gasteiger partial charge in [0.15, 0.2) is 0 Å². The standard InChI is InChI=1S/C28H26N4O6S2Se2/c1-29-39(35,36)21-15-11-19(12-16-21)31-27(33)23-7-3-5-9-25(23)41-42-26-10-6-4-8-24(26)28(34)32-20-13-17-22(18-14-20)40(37,38)30-2/h3-18,29-30H,1-2H3,(H,31,33)(H,32,34). The fourth-order valence-electron chi connectivity index (χ4n) is 3.61. The van der Waals surface area contributed by atoms with Crippen LogP contribution in [0.1, 0.15) is 20.7 Å². The van der Waals surface area contributed by atoms with Crippen LogP contribution in [-0.4, -0.2) is 69.0 Å². The third-order valence-electron chi connectivity index (χ3n) is 5.87. The van der Waals surface area contributed by atoms with Gasteiger partial charge in [-0.05, 0) is 0 Å². The zero-order valence-corrected chi connectivity index (χ0v) is 27.4. The van der Waals surface area contributed by atoms with E-state index in [4.69, 9.17) is 0 Å². The maximum absolute atomic E-state index is 13.1. The molecule has 218 valence electrons. The van der Waals surface area contributed by atoms with Crippen molar-refractivity contribution in [3.05, 3.63) is 108 Å². The van der Waals surface area contributed by atoms with E-state index in [0.717, 1.165) is 8.92 Å². The number of sulfonamides is 2. The van der Waals surface area contributed by atoms with Crippen molar-refractivity contribution in [2.24, 2.45) is 0 Å². The zero-order valence-electron chi connectivity index (χ0n) is 22.3. The summed E-state index contributed by atoms with van der Waals surface area (Å²) in [4.78, 5) is 26.5. The van der Waals surface area contributed by atoms with E-state index in [1.165, 1.54) is 62.6 Å². The number of rotatable bonds is 11. The summed E-state index contributed by atoms with van der Waals surface area (Å²) >= 11 is -0.295. The second-order valence-corrected chi connectivity index (χ2v) is 18.5. The Morgan fingerprint density at radius 1 is 0.524 bits per heavy atom. The molecular weight excluding hydrogens is 710 g/mol. The van der Waals surface area contributed by atoms with E-state index in [1.54, 1.807) is 24.3 Å². The molecule has 0 saturated carbocycles. The van der Waals surface area contributed by atoms with Crippen LogP contribution in [0.25, 0.3) is 0 Å². The molecule has 0 aliphatic carbocycles. The zero-order chi connectivity index (χ0) is 30.3. The van der Waals surface area contributed by atoms with Crippen LogP contribution in [0.3, 0.4) is 0 Å². The van der Waals surface area contributed by atoms with Crippen molar-refractivity contribution in [1.82, 2.24) is 9.44 Å². The Labute approximate surface area is 255 Å². The molecule has 0 atom stereocenters. The van der Waals surface area contributed by atoms with Crippen LogP contribution in [-0.2, 0) is 20.0 Å². The molecule has 4 aromatic rings. The molecule has 42 heavy (non-hydrogen) atoms. The van der Waals surface area contributed by atoms with Gasteiger partial charge in [0.05, 0.1) is 0 Å².